The molecule has 1 heterocycles. The molecular formula is C19H32N3O5S+. The van der Waals surface area contributed by atoms with E-state index in [0.29, 0.717) is 44.2 Å². The van der Waals surface area contributed by atoms with Gasteiger partial charge in [-0.05, 0) is 25.0 Å². The highest BCUT2D eigenvalue weighted by molar-refractivity contribution is 7.89. The van der Waals surface area contributed by atoms with E-state index in [-0.39, 0.29) is 16.8 Å². The Balaban J connectivity index is 2.01. The Bertz CT molecular complexity index is 757. The minimum atomic E-state index is -3.70. The molecule has 0 spiro atoms. The zero-order valence-corrected chi connectivity index (χ0v) is 18.0. The first-order valence-corrected chi connectivity index (χ1v) is 11.1. The smallest absolute Gasteiger partial charge is 0.275 e. The summed E-state index contributed by atoms with van der Waals surface area (Å²) in [4.78, 5) is 13.4. The molecule has 1 fully saturated rings. The van der Waals surface area contributed by atoms with Crippen LogP contribution in [0.4, 0.5) is 0 Å². The van der Waals surface area contributed by atoms with Crippen molar-refractivity contribution in [2.45, 2.75) is 37.6 Å². The van der Waals surface area contributed by atoms with Gasteiger partial charge in [-0.1, -0.05) is 13.8 Å². The Kier molecular flexibility index (Phi) is 8.09. The van der Waals surface area contributed by atoms with Gasteiger partial charge < -0.3 is 19.7 Å². The number of ether oxygens (including phenoxy) is 2. The molecule has 2 N–H and O–H groups in total. The van der Waals surface area contributed by atoms with Gasteiger partial charge in [0.15, 0.2) is 6.54 Å². The molecule has 0 bridgehead atoms. The molecule has 0 saturated carbocycles. The van der Waals surface area contributed by atoms with Crippen LogP contribution >= 0.6 is 0 Å². The fourth-order valence-corrected chi connectivity index (χ4v) is 4.95. The van der Waals surface area contributed by atoms with Crippen LogP contribution in [-0.4, -0.2) is 71.6 Å². The number of quaternary nitrogens is 1. The molecule has 0 atom stereocenters. The predicted molar refractivity (Wildman–Crippen MR) is 106 cm³/mol. The highest BCUT2D eigenvalue weighted by atomic mass is 32.2. The van der Waals surface area contributed by atoms with Gasteiger partial charge in [-0.25, -0.2) is 8.42 Å². The van der Waals surface area contributed by atoms with Crippen molar-refractivity contribution in [2.24, 2.45) is 0 Å². The van der Waals surface area contributed by atoms with E-state index in [4.69, 9.17) is 9.47 Å². The molecule has 1 aliphatic rings. The number of sulfonamides is 1. The van der Waals surface area contributed by atoms with E-state index in [1.807, 2.05) is 0 Å². The molecule has 2 rings (SSSR count). The SMILES string of the molecule is CCC(CC)NC(=O)C[NH+]1CCN(S(=O)(=O)c2cc(OC)ccc2OC)CC1. The molecule has 0 radical (unpaired) electrons. The highest BCUT2D eigenvalue weighted by Gasteiger charge is 2.33. The van der Waals surface area contributed by atoms with Gasteiger partial charge in [0.25, 0.3) is 5.91 Å². The van der Waals surface area contributed by atoms with Crippen molar-refractivity contribution in [1.29, 1.82) is 0 Å². The zero-order valence-electron chi connectivity index (χ0n) is 17.2. The molecule has 0 unspecified atom stereocenters. The Hall–Kier alpha value is -1.84. The average Bonchev–Trinajstić information content (AvgIpc) is 2.71. The van der Waals surface area contributed by atoms with Crippen LogP contribution in [0.1, 0.15) is 26.7 Å². The number of nitrogens with one attached hydrogen (secondary N) is 2. The third-order valence-electron chi connectivity index (χ3n) is 5.18. The van der Waals surface area contributed by atoms with E-state index in [1.165, 1.54) is 24.6 Å². The minimum absolute atomic E-state index is 0.0227. The third-order valence-corrected chi connectivity index (χ3v) is 7.10. The Morgan fingerprint density at radius 3 is 2.36 bits per heavy atom. The first-order valence-electron chi connectivity index (χ1n) is 9.70. The van der Waals surface area contributed by atoms with Gasteiger partial charge in [-0.3, -0.25) is 4.79 Å². The minimum Gasteiger partial charge on any atom is -0.497 e. The summed E-state index contributed by atoms with van der Waals surface area (Å²) in [6, 6.07) is 4.94. The second kappa shape index (κ2) is 10.1. The summed E-state index contributed by atoms with van der Waals surface area (Å²) >= 11 is 0. The standard InChI is InChI=1S/C19H31N3O5S/c1-5-15(6-2)20-19(23)14-21-9-11-22(12-10-21)28(24,25)18-13-16(26-3)7-8-17(18)27-4/h7-8,13,15H,5-6,9-12,14H2,1-4H3,(H,20,23)/p+1. The van der Waals surface area contributed by atoms with Crippen molar-refractivity contribution in [2.75, 3.05) is 46.9 Å². The summed E-state index contributed by atoms with van der Waals surface area (Å²) in [7, 11) is -0.763. The summed E-state index contributed by atoms with van der Waals surface area (Å²) in [6.45, 7) is 6.36. The summed E-state index contributed by atoms with van der Waals surface area (Å²) in [6.07, 6.45) is 1.82. The summed E-state index contributed by atoms with van der Waals surface area (Å²) < 4.78 is 38.0. The third kappa shape index (κ3) is 5.36. The van der Waals surface area contributed by atoms with Gasteiger partial charge in [0.1, 0.15) is 16.4 Å². The molecule has 1 aliphatic heterocycles. The van der Waals surface area contributed by atoms with Crippen LogP contribution in [0.3, 0.4) is 0 Å². The topological polar surface area (TPSA) is 89.4 Å². The molecule has 1 amide bonds. The summed E-state index contributed by atoms with van der Waals surface area (Å²) in [5.41, 5.74) is 0. The molecule has 28 heavy (non-hydrogen) atoms. The summed E-state index contributed by atoms with van der Waals surface area (Å²) in [5.74, 6) is 0.774. The van der Waals surface area contributed by atoms with Crippen LogP contribution < -0.4 is 19.7 Å². The van der Waals surface area contributed by atoms with Crippen molar-refractivity contribution < 1.29 is 27.6 Å². The quantitative estimate of drug-likeness (QED) is 0.589. The lowest BCUT2D eigenvalue weighted by molar-refractivity contribution is -0.895. The highest BCUT2D eigenvalue weighted by Crippen LogP contribution is 2.30. The maximum Gasteiger partial charge on any atom is 0.275 e. The zero-order chi connectivity index (χ0) is 20.7. The van der Waals surface area contributed by atoms with Crippen molar-refractivity contribution in [3.05, 3.63) is 18.2 Å². The van der Waals surface area contributed by atoms with E-state index in [9.17, 15) is 13.2 Å². The molecule has 158 valence electrons. The van der Waals surface area contributed by atoms with Crippen molar-refractivity contribution in [3.8, 4) is 11.5 Å². The number of rotatable bonds is 9. The second-order valence-electron chi connectivity index (χ2n) is 6.93. The Labute approximate surface area is 167 Å². The predicted octanol–water partition coefficient (Wildman–Crippen LogP) is -0.102. The molecular weight excluding hydrogens is 382 g/mol. The van der Waals surface area contributed by atoms with Gasteiger partial charge in [-0.2, -0.15) is 4.31 Å². The van der Waals surface area contributed by atoms with E-state index in [1.54, 1.807) is 12.1 Å². The normalized spacial score (nSPS) is 16.2. The fraction of sp³-hybridized carbons (Fsp3) is 0.632. The van der Waals surface area contributed by atoms with Gasteiger partial charge in [0.2, 0.25) is 10.0 Å². The first-order chi connectivity index (χ1) is 13.3. The lowest BCUT2D eigenvalue weighted by Gasteiger charge is -2.31. The maximum absolute atomic E-state index is 13.1. The van der Waals surface area contributed by atoms with E-state index >= 15 is 0 Å². The number of carbonyl (C=O) groups is 1. The lowest BCUT2D eigenvalue weighted by Crippen LogP contribution is -3.15. The van der Waals surface area contributed by atoms with Crippen LogP contribution in [0.25, 0.3) is 0 Å². The monoisotopic (exact) mass is 414 g/mol. The van der Waals surface area contributed by atoms with Crippen LogP contribution in [-0.2, 0) is 14.8 Å². The molecule has 1 aromatic rings. The molecule has 9 heteroatoms. The lowest BCUT2D eigenvalue weighted by atomic mass is 10.2. The van der Waals surface area contributed by atoms with Crippen LogP contribution in [0.2, 0.25) is 0 Å². The number of benzene rings is 1. The van der Waals surface area contributed by atoms with Gasteiger partial charge in [-0.15, -0.1) is 0 Å². The largest absolute Gasteiger partial charge is 0.497 e. The van der Waals surface area contributed by atoms with E-state index in [2.05, 4.69) is 19.2 Å². The molecule has 1 saturated heterocycles. The molecule has 1 aromatic carbocycles. The number of hydrogen-bond donors (Lipinski definition) is 2. The number of amides is 1. The van der Waals surface area contributed by atoms with Gasteiger partial charge in [0.05, 0.1) is 40.4 Å². The van der Waals surface area contributed by atoms with E-state index in [0.717, 1.165) is 17.7 Å². The van der Waals surface area contributed by atoms with Crippen molar-refractivity contribution in [3.63, 3.8) is 0 Å². The number of hydrogen-bond acceptors (Lipinski definition) is 5. The molecule has 8 nitrogen and oxygen atoms in total. The first kappa shape index (κ1) is 22.4. The second-order valence-corrected chi connectivity index (χ2v) is 8.83. The van der Waals surface area contributed by atoms with Gasteiger partial charge in [0, 0.05) is 12.1 Å². The Morgan fingerprint density at radius 2 is 1.82 bits per heavy atom. The number of carbonyl (C=O) groups excluding carboxylic acids is 1. The van der Waals surface area contributed by atoms with Crippen LogP contribution in [0.5, 0.6) is 11.5 Å². The van der Waals surface area contributed by atoms with Crippen molar-refractivity contribution >= 4 is 15.9 Å². The van der Waals surface area contributed by atoms with E-state index < -0.39 is 10.0 Å². The molecule has 0 aliphatic carbocycles. The van der Waals surface area contributed by atoms with Crippen molar-refractivity contribution in [1.82, 2.24) is 9.62 Å². The summed E-state index contributed by atoms with van der Waals surface area (Å²) in [5, 5.41) is 3.04. The number of piperazine rings is 1. The maximum atomic E-state index is 13.1. The van der Waals surface area contributed by atoms with Gasteiger partial charge >= 0.3 is 0 Å². The fourth-order valence-electron chi connectivity index (χ4n) is 3.34. The van der Waals surface area contributed by atoms with Crippen LogP contribution in [0.15, 0.2) is 23.1 Å². The Morgan fingerprint density at radius 1 is 1.18 bits per heavy atom. The average molecular weight is 415 g/mol. The number of methoxy groups -OCH3 is 2. The molecule has 0 aromatic heterocycles. The van der Waals surface area contributed by atoms with Crippen LogP contribution in [0, 0.1) is 0 Å². The number of nitrogens with zero attached hydrogens (tertiary/aromatic N) is 1.